The molecule has 143 valence electrons. The average Bonchev–Trinajstić information content (AvgIpc) is 2.63. The van der Waals surface area contributed by atoms with Gasteiger partial charge in [0.25, 0.3) is 0 Å². The Morgan fingerprint density at radius 2 is 1.00 bits per heavy atom. The Kier molecular flexibility index (Phi) is 14.5. The highest BCUT2D eigenvalue weighted by Gasteiger charge is 1.96. The van der Waals surface area contributed by atoms with Gasteiger partial charge in [0, 0.05) is 0 Å². The molecule has 0 aromatic heterocycles. The second kappa shape index (κ2) is 16.5. The van der Waals surface area contributed by atoms with Gasteiger partial charge in [-0.1, -0.05) is 109 Å². The summed E-state index contributed by atoms with van der Waals surface area (Å²) in [6.45, 7) is 7.02. The zero-order chi connectivity index (χ0) is 18.0. The third-order valence-electron chi connectivity index (χ3n) is 4.94. The maximum Gasteiger partial charge on any atom is 0.119 e. The second-order valence-electron chi connectivity index (χ2n) is 7.44. The Bertz CT molecular complexity index is 382. The third-order valence-corrected chi connectivity index (χ3v) is 4.94. The number of benzene rings is 1. The molecule has 1 radical (unpaired) electrons. The van der Waals surface area contributed by atoms with Crippen molar-refractivity contribution < 1.29 is 4.74 Å². The summed E-state index contributed by atoms with van der Waals surface area (Å²) in [4.78, 5) is 0. The van der Waals surface area contributed by atoms with Crippen molar-refractivity contribution in [1.29, 1.82) is 0 Å². The van der Waals surface area contributed by atoms with Gasteiger partial charge in [0.1, 0.15) is 5.75 Å². The molecule has 0 spiro atoms. The van der Waals surface area contributed by atoms with Crippen LogP contribution in [0.5, 0.6) is 5.75 Å². The number of hydrogen-bond donors (Lipinski definition) is 0. The Morgan fingerprint density at radius 3 is 1.44 bits per heavy atom. The summed E-state index contributed by atoms with van der Waals surface area (Å²) in [7, 11) is 0. The van der Waals surface area contributed by atoms with Crippen molar-refractivity contribution in [2.24, 2.45) is 0 Å². The van der Waals surface area contributed by atoms with Gasteiger partial charge in [-0.25, -0.2) is 0 Å². The quantitative estimate of drug-likeness (QED) is 0.259. The lowest BCUT2D eigenvalue weighted by molar-refractivity contribution is 0.304. The monoisotopic (exact) mass is 345 g/mol. The first-order valence-corrected chi connectivity index (χ1v) is 10.9. The van der Waals surface area contributed by atoms with Crippen molar-refractivity contribution in [3.8, 4) is 5.75 Å². The molecule has 0 heterocycles. The zero-order valence-corrected chi connectivity index (χ0v) is 16.7. The van der Waals surface area contributed by atoms with Gasteiger partial charge < -0.3 is 4.74 Å². The van der Waals surface area contributed by atoms with E-state index in [9.17, 15) is 0 Å². The summed E-state index contributed by atoms with van der Waals surface area (Å²) in [5.41, 5.74) is 1.04. The molecule has 1 aromatic rings. The highest BCUT2D eigenvalue weighted by Crippen LogP contribution is 2.14. The Hall–Kier alpha value is -0.980. The van der Waals surface area contributed by atoms with Crippen LogP contribution in [-0.2, 0) is 0 Å². The smallest absolute Gasteiger partial charge is 0.119 e. The molecule has 0 aliphatic carbocycles. The normalized spacial score (nSPS) is 11.0. The van der Waals surface area contributed by atoms with E-state index in [4.69, 9.17) is 4.74 Å². The van der Waals surface area contributed by atoms with Crippen molar-refractivity contribution >= 4 is 0 Å². The fraction of sp³-hybridized carbons (Fsp3) is 0.708. The minimum absolute atomic E-state index is 0.842. The number of hydrogen-bond acceptors (Lipinski definition) is 1. The molecule has 1 nitrogen and oxygen atoms in total. The van der Waals surface area contributed by atoms with Crippen molar-refractivity contribution in [2.75, 3.05) is 6.61 Å². The molecule has 0 aliphatic rings. The predicted octanol–water partition coefficient (Wildman–Crippen LogP) is 8.12. The van der Waals surface area contributed by atoms with Crippen LogP contribution in [0.3, 0.4) is 0 Å². The summed E-state index contributed by atoms with van der Waals surface area (Å²) >= 11 is 0. The van der Waals surface area contributed by atoms with Gasteiger partial charge in [-0.15, -0.1) is 0 Å². The Morgan fingerprint density at radius 1 is 0.600 bits per heavy atom. The van der Waals surface area contributed by atoms with Gasteiger partial charge in [0.15, 0.2) is 0 Å². The topological polar surface area (TPSA) is 9.23 Å². The van der Waals surface area contributed by atoms with E-state index in [1.165, 1.54) is 96.3 Å². The summed E-state index contributed by atoms with van der Waals surface area (Å²) in [5, 5.41) is 0. The minimum Gasteiger partial charge on any atom is -0.494 e. The molecule has 0 unspecified atom stereocenters. The first-order valence-electron chi connectivity index (χ1n) is 10.9. The SMILES string of the molecule is [CH2]c1ccc(OCCCCCCCCCCCCCCCCC)cc1. The molecule has 0 aliphatic heterocycles. The van der Waals surface area contributed by atoms with Crippen LogP contribution in [-0.4, -0.2) is 6.61 Å². The molecular weight excluding hydrogens is 304 g/mol. The van der Waals surface area contributed by atoms with Gasteiger partial charge in [0.05, 0.1) is 6.61 Å². The van der Waals surface area contributed by atoms with Gasteiger partial charge in [-0.2, -0.15) is 0 Å². The van der Waals surface area contributed by atoms with E-state index in [1.54, 1.807) is 0 Å². The number of ether oxygens (including phenoxy) is 1. The third kappa shape index (κ3) is 13.9. The molecule has 0 N–H and O–H groups in total. The predicted molar refractivity (Wildman–Crippen MR) is 111 cm³/mol. The Labute approximate surface area is 157 Å². The summed E-state index contributed by atoms with van der Waals surface area (Å²) in [5.74, 6) is 0.970. The molecular formula is C24H41O. The van der Waals surface area contributed by atoms with Crippen molar-refractivity contribution in [3.05, 3.63) is 36.8 Å². The number of rotatable bonds is 17. The van der Waals surface area contributed by atoms with E-state index in [1.807, 2.05) is 24.3 Å². The largest absolute Gasteiger partial charge is 0.494 e. The van der Waals surface area contributed by atoms with E-state index < -0.39 is 0 Å². The molecule has 1 heteroatoms. The highest BCUT2D eigenvalue weighted by molar-refractivity contribution is 5.28. The van der Waals surface area contributed by atoms with Crippen LogP contribution in [0.4, 0.5) is 0 Å². The van der Waals surface area contributed by atoms with E-state index in [0.717, 1.165) is 17.9 Å². The fourth-order valence-corrected chi connectivity index (χ4v) is 3.25. The maximum atomic E-state index is 5.75. The van der Waals surface area contributed by atoms with Gasteiger partial charge >= 0.3 is 0 Å². The second-order valence-corrected chi connectivity index (χ2v) is 7.44. The van der Waals surface area contributed by atoms with Crippen molar-refractivity contribution in [2.45, 2.75) is 103 Å². The molecule has 0 saturated heterocycles. The lowest BCUT2D eigenvalue weighted by Gasteiger charge is -2.06. The van der Waals surface area contributed by atoms with Crippen LogP contribution >= 0.6 is 0 Å². The van der Waals surface area contributed by atoms with Crippen LogP contribution in [0.15, 0.2) is 24.3 Å². The lowest BCUT2D eigenvalue weighted by Crippen LogP contribution is -1.97. The molecule has 1 rings (SSSR count). The summed E-state index contributed by atoms with van der Waals surface area (Å²) < 4.78 is 5.75. The van der Waals surface area contributed by atoms with Crippen LogP contribution < -0.4 is 4.74 Å². The van der Waals surface area contributed by atoms with Crippen LogP contribution in [0.2, 0.25) is 0 Å². The van der Waals surface area contributed by atoms with E-state index >= 15 is 0 Å². The first kappa shape index (κ1) is 22.1. The molecule has 25 heavy (non-hydrogen) atoms. The van der Waals surface area contributed by atoms with E-state index in [0.29, 0.717) is 0 Å². The highest BCUT2D eigenvalue weighted by atomic mass is 16.5. The number of unbranched alkanes of at least 4 members (excludes halogenated alkanes) is 14. The molecule has 1 aromatic carbocycles. The molecule has 0 saturated carbocycles. The van der Waals surface area contributed by atoms with Crippen LogP contribution in [0, 0.1) is 6.92 Å². The zero-order valence-electron chi connectivity index (χ0n) is 16.7. The van der Waals surface area contributed by atoms with Crippen molar-refractivity contribution in [1.82, 2.24) is 0 Å². The average molecular weight is 346 g/mol. The molecule has 0 bridgehead atoms. The standard InChI is InChI=1S/C24H41O/c1-3-4-5-6-7-8-9-10-11-12-13-14-15-16-17-22-25-24-20-18-23(2)19-21-24/h18-21H,2-17,22H2,1H3. The summed E-state index contributed by atoms with van der Waals surface area (Å²) in [6, 6.07) is 8.02. The Balaban J connectivity index is 1.74. The summed E-state index contributed by atoms with van der Waals surface area (Å²) in [6.07, 6.45) is 21.0. The molecule has 0 fully saturated rings. The maximum absolute atomic E-state index is 5.75. The van der Waals surface area contributed by atoms with E-state index in [-0.39, 0.29) is 0 Å². The fourth-order valence-electron chi connectivity index (χ4n) is 3.25. The van der Waals surface area contributed by atoms with Crippen LogP contribution in [0.1, 0.15) is 109 Å². The van der Waals surface area contributed by atoms with Crippen molar-refractivity contribution in [3.63, 3.8) is 0 Å². The lowest BCUT2D eigenvalue weighted by atomic mass is 10.0. The van der Waals surface area contributed by atoms with Gasteiger partial charge in [-0.3, -0.25) is 0 Å². The molecule has 0 amide bonds. The first-order chi connectivity index (χ1) is 12.3. The molecule has 0 atom stereocenters. The van der Waals surface area contributed by atoms with Crippen LogP contribution in [0.25, 0.3) is 0 Å². The van der Waals surface area contributed by atoms with Gasteiger partial charge in [0.2, 0.25) is 0 Å². The van der Waals surface area contributed by atoms with Gasteiger partial charge in [-0.05, 0) is 31.0 Å². The van der Waals surface area contributed by atoms with E-state index in [2.05, 4.69) is 13.8 Å². The minimum atomic E-state index is 0.842.